The maximum Gasteiger partial charge on any atom is 0.251 e. The summed E-state index contributed by atoms with van der Waals surface area (Å²) in [4.78, 5) is 15.6. The van der Waals surface area contributed by atoms with Gasteiger partial charge in [-0.1, -0.05) is 50.2 Å². The van der Waals surface area contributed by atoms with Gasteiger partial charge in [-0.25, -0.2) is 8.42 Å². The normalized spacial score (nSPS) is 15.9. The minimum atomic E-state index is -3.62. The molecule has 1 N–H and O–H groups in total. The standard InChI is InChI=1S/C24H33N3O3S/c1-4-27(5-2)31(29,30)21-14-13-19(3)22(17-21)24(28)25-18-23(26-15-9-10-16-26)20-11-7-6-8-12-20/h6-8,11-14,17,23H,4-5,9-10,15-16,18H2,1-3H3,(H,25,28). The van der Waals surface area contributed by atoms with Crippen LogP contribution in [0.2, 0.25) is 0 Å². The summed E-state index contributed by atoms with van der Waals surface area (Å²) >= 11 is 0. The molecule has 1 heterocycles. The third-order valence-corrected chi connectivity index (χ3v) is 8.06. The number of hydrogen-bond acceptors (Lipinski definition) is 4. The second-order valence-corrected chi connectivity index (χ2v) is 9.88. The van der Waals surface area contributed by atoms with Crippen molar-refractivity contribution in [1.29, 1.82) is 0 Å². The largest absolute Gasteiger partial charge is 0.350 e. The predicted octanol–water partition coefficient (Wildman–Crippen LogP) is 3.59. The first kappa shape index (κ1) is 23.4. The fourth-order valence-corrected chi connectivity index (χ4v) is 5.67. The molecule has 0 radical (unpaired) electrons. The summed E-state index contributed by atoms with van der Waals surface area (Å²) in [7, 11) is -3.62. The van der Waals surface area contributed by atoms with E-state index in [1.807, 2.05) is 39.0 Å². The first-order valence-corrected chi connectivity index (χ1v) is 12.5. The van der Waals surface area contributed by atoms with Gasteiger partial charge in [0.15, 0.2) is 0 Å². The number of likely N-dealkylation sites (tertiary alicyclic amines) is 1. The van der Waals surface area contributed by atoms with E-state index < -0.39 is 10.0 Å². The fraction of sp³-hybridized carbons (Fsp3) is 0.458. The molecule has 0 spiro atoms. The minimum Gasteiger partial charge on any atom is -0.350 e. The van der Waals surface area contributed by atoms with E-state index in [4.69, 9.17) is 0 Å². The Bertz CT molecular complexity index is 982. The van der Waals surface area contributed by atoms with Crippen LogP contribution in [0.25, 0.3) is 0 Å². The molecule has 1 unspecified atom stereocenters. The van der Waals surface area contributed by atoms with Gasteiger partial charge in [0.2, 0.25) is 10.0 Å². The summed E-state index contributed by atoms with van der Waals surface area (Å²) in [6.45, 7) is 8.76. The van der Waals surface area contributed by atoms with E-state index in [0.717, 1.165) is 18.7 Å². The lowest BCUT2D eigenvalue weighted by Gasteiger charge is -2.28. The molecule has 168 valence electrons. The molecule has 1 saturated heterocycles. The lowest BCUT2D eigenvalue weighted by molar-refractivity contribution is 0.0937. The lowest BCUT2D eigenvalue weighted by atomic mass is 10.0. The second-order valence-electron chi connectivity index (χ2n) is 7.95. The Morgan fingerprint density at radius 2 is 1.71 bits per heavy atom. The highest BCUT2D eigenvalue weighted by Crippen LogP contribution is 2.25. The van der Waals surface area contributed by atoms with Gasteiger partial charge in [0.25, 0.3) is 5.91 Å². The summed E-state index contributed by atoms with van der Waals surface area (Å²) < 4.78 is 27.2. The van der Waals surface area contributed by atoms with Gasteiger partial charge in [-0.2, -0.15) is 4.31 Å². The molecule has 0 bridgehead atoms. The zero-order valence-electron chi connectivity index (χ0n) is 18.7. The number of carbonyl (C=O) groups excluding carboxylic acids is 1. The van der Waals surface area contributed by atoms with Crippen LogP contribution in [0.3, 0.4) is 0 Å². The first-order chi connectivity index (χ1) is 14.9. The number of amides is 1. The number of benzene rings is 2. The van der Waals surface area contributed by atoms with E-state index in [9.17, 15) is 13.2 Å². The molecule has 0 saturated carbocycles. The Balaban J connectivity index is 1.81. The quantitative estimate of drug-likeness (QED) is 0.643. The van der Waals surface area contributed by atoms with Crippen molar-refractivity contribution in [2.45, 2.75) is 44.6 Å². The van der Waals surface area contributed by atoms with Crippen LogP contribution in [0.5, 0.6) is 0 Å². The van der Waals surface area contributed by atoms with Gasteiger partial charge in [-0.3, -0.25) is 9.69 Å². The van der Waals surface area contributed by atoms with Gasteiger partial charge in [-0.15, -0.1) is 0 Å². The zero-order chi connectivity index (χ0) is 22.4. The molecule has 2 aromatic rings. The van der Waals surface area contributed by atoms with Crippen LogP contribution < -0.4 is 5.32 Å². The lowest BCUT2D eigenvalue weighted by Crippen LogP contribution is -2.37. The highest BCUT2D eigenvalue weighted by Gasteiger charge is 2.26. The minimum absolute atomic E-state index is 0.107. The Hall–Kier alpha value is -2.22. The Morgan fingerprint density at radius 1 is 1.06 bits per heavy atom. The topological polar surface area (TPSA) is 69.7 Å². The van der Waals surface area contributed by atoms with Crippen LogP contribution in [0.15, 0.2) is 53.4 Å². The number of nitrogens with zero attached hydrogens (tertiary/aromatic N) is 2. The fourth-order valence-electron chi connectivity index (χ4n) is 4.19. The Labute approximate surface area is 186 Å². The summed E-state index contributed by atoms with van der Waals surface area (Å²) in [6.07, 6.45) is 2.34. The molecular formula is C24H33N3O3S. The maximum atomic E-state index is 13.1. The molecule has 0 aromatic heterocycles. The van der Waals surface area contributed by atoms with Crippen LogP contribution in [-0.2, 0) is 10.0 Å². The summed E-state index contributed by atoms with van der Waals surface area (Å²) in [5.41, 5.74) is 2.34. The van der Waals surface area contributed by atoms with Gasteiger partial charge in [-0.05, 0) is 56.1 Å². The zero-order valence-corrected chi connectivity index (χ0v) is 19.5. The number of hydrogen-bond donors (Lipinski definition) is 1. The van der Waals surface area contributed by atoms with Crippen molar-refractivity contribution in [2.75, 3.05) is 32.7 Å². The first-order valence-electron chi connectivity index (χ1n) is 11.1. The highest BCUT2D eigenvalue weighted by atomic mass is 32.2. The van der Waals surface area contributed by atoms with Crippen molar-refractivity contribution in [1.82, 2.24) is 14.5 Å². The van der Waals surface area contributed by atoms with E-state index in [0.29, 0.717) is 25.2 Å². The van der Waals surface area contributed by atoms with Crippen LogP contribution in [-0.4, -0.2) is 56.3 Å². The van der Waals surface area contributed by atoms with E-state index in [1.54, 1.807) is 12.1 Å². The summed E-state index contributed by atoms with van der Waals surface area (Å²) in [6, 6.07) is 15.1. The second kappa shape index (κ2) is 10.4. The number of sulfonamides is 1. The van der Waals surface area contributed by atoms with Crippen LogP contribution in [0.4, 0.5) is 0 Å². The van der Waals surface area contributed by atoms with Crippen molar-refractivity contribution < 1.29 is 13.2 Å². The van der Waals surface area contributed by atoms with Gasteiger partial charge < -0.3 is 5.32 Å². The van der Waals surface area contributed by atoms with Crippen LogP contribution in [0.1, 0.15) is 54.2 Å². The molecule has 2 aromatic carbocycles. The van der Waals surface area contributed by atoms with E-state index >= 15 is 0 Å². The van der Waals surface area contributed by atoms with Crippen molar-refractivity contribution in [2.24, 2.45) is 0 Å². The summed E-state index contributed by atoms with van der Waals surface area (Å²) in [5, 5.41) is 3.06. The van der Waals surface area contributed by atoms with Crippen molar-refractivity contribution >= 4 is 15.9 Å². The average Bonchev–Trinajstić information content (AvgIpc) is 3.30. The molecule has 0 aliphatic carbocycles. The van der Waals surface area contributed by atoms with Gasteiger partial charge in [0.1, 0.15) is 0 Å². The third-order valence-electron chi connectivity index (χ3n) is 6.02. The van der Waals surface area contributed by atoms with Crippen molar-refractivity contribution in [3.63, 3.8) is 0 Å². The van der Waals surface area contributed by atoms with Gasteiger partial charge >= 0.3 is 0 Å². The average molecular weight is 444 g/mol. The molecule has 31 heavy (non-hydrogen) atoms. The predicted molar refractivity (Wildman–Crippen MR) is 124 cm³/mol. The number of nitrogens with one attached hydrogen (secondary N) is 1. The smallest absolute Gasteiger partial charge is 0.251 e. The molecule has 1 aliphatic heterocycles. The molecule has 6 nitrogen and oxygen atoms in total. The SMILES string of the molecule is CCN(CC)S(=O)(=O)c1ccc(C)c(C(=O)NCC(c2ccccc2)N2CCCC2)c1. The number of aryl methyl sites for hydroxylation is 1. The van der Waals surface area contributed by atoms with E-state index in [-0.39, 0.29) is 16.8 Å². The Kier molecular flexibility index (Phi) is 7.86. The molecule has 1 amide bonds. The van der Waals surface area contributed by atoms with Crippen LogP contribution >= 0.6 is 0 Å². The molecular weight excluding hydrogens is 410 g/mol. The van der Waals surface area contributed by atoms with Crippen molar-refractivity contribution in [3.05, 3.63) is 65.2 Å². The molecule has 1 fully saturated rings. The highest BCUT2D eigenvalue weighted by molar-refractivity contribution is 7.89. The van der Waals surface area contributed by atoms with E-state index in [1.165, 1.54) is 28.8 Å². The van der Waals surface area contributed by atoms with Crippen LogP contribution in [0, 0.1) is 6.92 Å². The molecule has 1 atom stereocenters. The Morgan fingerprint density at radius 3 is 2.32 bits per heavy atom. The monoisotopic (exact) mass is 443 g/mol. The third kappa shape index (κ3) is 5.34. The summed E-state index contributed by atoms with van der Waals surface area (Å²) in [5.74, 6) is -0.241. The molecule has 7 heteroatoms. The van der Waals surface area contributed by atoms with Gasteiger partial charge in [0.05, 0.1) is 10.9 Å². The number of carbonyl (C=O) groups is 1. The van der Waals surface area contributed by atoms with E-state index in [2.05, 4.69) is 22.3 Å². The van der Waals surface area contributed by atoms with Gasteiger partial charge in [0, 0.05) is 25.2 Å². The molecule has 1 aliphatic rings. The number of rotatable bonds is 9. The molecule has 3 rings (SSSR count). The maximum absolute atomic E-state index is 13.1. The van der Waals surface area contributed by atoms with Crippen molar-refractivity contribution in [3.8, 4) is 0 Å².